The Morgan fingerprint density at radius 1 is 1.30 bits per heavy atom. The maximum Gasteiger partial charge on any atom is 0.327 e. The number of halogens is 1. The number of nitrogens with zero attached hydrogens (tertiary/aromatic N) is 1. The van der Waals surface area contributed by atoms with Crippen molar-refractivity contribution >= 4 is 11.4 Å². The summed E-state index contributed by atoms with van der Waals surface area (Å²) < 4.78 is 18.5. The molecule has 0 atom stereocenters. The Morgan fingerprint density at radius 2 is 2.05 bits per heavy atom. The second-order valence-corrected chi connectivity index (χ2v) is 4.10. The fourth-order valence-corrected chi connectivity index (χ4v) is 1.82. The van der Waals surface area contributed by atoms with E-state index in [4.69, 9.17) is 4.74 Å². The number of ether oxygens (including phenoxy) is 1. The van der Waals surface area contributed by atoms with Crippen LogP contribution in [-0.2, 0) is 6.54 Å². The zero-order valence-electron chi connectivity index (χ0n) is 10.8. The molecule has 6 heteroatoms. The van der Waals surface area contributed by atoms with Crippen molar-refractivity contribution in [3.63, 3.8) is 0 Å². The quantitative estimate of drug-likeness (QED) is 0.671. The smallest absolute Gasteiger partial charge is 0.327 e. The third kappa shape index (κ3) is 3.03. The Labute approximate surface area is 115 Å². The lowest BCUT2D eigenvalue weighted by Crippen LogP contribution is -2.04. The van der Waals surface area contributed by atoms with E-state index in [2.05, 4.69) is 5.32 Å². The third-order valence-electron chi connectivity index (χ3n) is 2.79. The number of benzene rings is 2. The molecule has 0 saturated carbocycles. The molecule has 0 unspecified atom stereocenters. The fraction of sp³-hybridized carbons (Fsp3) is 0.143. The molecule has 1 N–H and O–H groups in total. The molecule has 2 rings (SSSR count). The highest BCUT2D eigenvalue weighted by molar-refractivity contribution is 5.62. The lowest BCUT2D eigenvalue weighted by molar-refractivity contribution is -0.386. The molecule has 0 aliphatic carbocycles. The molecule has 2 aromatic carbocycles. The predicted octanol–water partition coefficient (Wildman–Crippen LogP) is 3.35. The highest BCUT2D eigenvalue weighted by Crippen LogP contribution is 2.27. The second-order valence-electron chi connectivity index (χ2n) is 4.10. The molecule has 5 nitrogen and oxygen atoms in total. The van der Waals surface area contributed by atoms with Crippen molar-refractivity contribution < 1.29 is 14.1 Å². The number of methoxy groups -OCH3 is 1. The van der Waals surface area contributed by atoms with Gasteiger partial charge in [-0.25, -0.2) is 0 Å². The molecule has 0 heterocycles. The first-order chi connectivity index (χ1) is 9.61. The molecule has 0 aromatic heterocycles. The van der Waals surface area contributed by atoms with Crippen molar-refractivity contribution in [3.05, 3.63) is 64.0 Å². The van der Waals surface area contributed by atoms with Gasteiger partial charge in [-0.1, -0.05) is 18.2 Å². The van der Waals surface area contributed by atoms with Crippen LogP contribution in [0.3, 0.4) is 0 Å². The van der Waals surface area contributed by atoms with E-state index in [1.54, 1.807) is 19.2 Å². The van der Waals surface area contributed by atoms with Crippen LogP contribution in [-0.4, -0.2) is 12.0 Å². The van der Waals surface area contributed by atoms with Crippen LogP contribution in [0, 0.1) is 15.9 Å². The monoisotopic (exact) mass is 276 g/mol. The van der Waals surface area contributed by atoms with Crippen LogP contribution in [0.4, 0.5) is 15.8 Å². The molecule has 104 valence electrons. The number of hydrogen-bond donors (Lipinski definition) is 1. The minimum Gasteiger partial charge on any atom is -0.497 e. The van der Waals surface area contributed by atoms with Gasteiger partial charge >= 0.3 is 5.69 Å². The van der Waals surface area contributed by atoms with Crippen molar-refractivity contribution in [2.45, 2.75) is 6.54 Å². The summed E-state index contributed by atoms with van der Waals surface area (Å²) in [5.74, 6) is -0.163. The first-order valence-electron chi connectivity index (χ1n) is 5.91. The molecular formula is C14H13FN2O3. The average Bonchev–Trinajstić information content (AvgIpc) is 2.45. The Kier molecular flexibility index (Phi) is 4.14. The molecule has 0 bridgehead atoms. The normalized spacial score (nSPS) is 10.1. The number of nitrogens with one attached hydrogen (secondary N) is 1. The molecule has 0 saturated heterocycles. The summed E-state index contributed by atoms with van der Waals surface area (Å²) in [6.45, 7) is 0.335. The van der Waals surface area contributed by atoms with Crippen molar-refractivity contribution in [1.82, 2.24) is 0 Å². The second kappa shape index (κ2) is 6.01. The van der Waals surface area contributed by atoms with E-state index in [9.17, 15) is 14.5 Å². The van der Waals surface area contributed by atoms with Crippen molar-refractivity contribution in [3.8, 4) is 5.75 Å². The van der Waals surface area contributed by atoms with Gasteiger partial charge < -0.3 is 10.1 Å². The van der Waals surface area contributed by atoms with Crippen molar-refractivity contribution in [2.75, 3.05) is 12.4 Å². The van der Waals surface area contributed by atoms with Gasteiger partial charge in [0.2, 0.25) is 5.82 Å². The summed E-state index contributed by atoms with van der Waals surface area (Å²) in [6.07, 6.45) is 0. The Morgan fingerprint density at radius 3 is 2.75 bits per heavy atom. The van der Waals surface area contributed by atoms with Crippen LogP contribution < -0.4 is 10.1 Å². The number of rotatable bonds is 5. The van der Waals surface area contributed by atoms with Crippen molar-refractivity contribution in [2.24, 2.45) is 0 Å². The molecule has 0 amide bonds. The molecule has 0 radical (unpaired) electrons. The first-order valence-corrected chi connectivity index (χ1v) is 5.91. The van der Waals surface area contributed by atoms with E-state index < -0.39 is 16.4 Å². The molecule has 0 aliphatic heterocycles. The zero-order valence-corrected chi connectivity index (χ0v) is 10.8. The third-order valence-corrected chi connectivity index (χ3v) is 2.79. The number of nitro benzene ring substituents is 1. The Bertz CT molecular complexity index is 632. The van der Waals surface area contributed by atoms with Gasteiger partial charge in [-0.2, -0.15) is 4.39 Å². The van der Waals surface area contributed by atoms with Crippen LogP contribution in [0.2, 0.25) is 0 Å². The summed E-state index contributed by atoms with van der Waals surface area (Å²) in [4.78, 5) is 10.1. The summed E-state index contributed by atoms with van der Waals surface area (Å²) >= 11 is 0. The Balaban J connectivity index is 2.18. The summed E-state index contributed by atoms with van der Waals surface area (Å²) in [5, 5.41) is 13.7. The highest BCUT2D eigenvalue weighted by Gasteiger charge is 2.19. The van der Waals surface area contributed by atoms with Crippen molar-refractivity contribution in [1.29, 1.82) is 0 Å². The van der Waals surface area contributed by atoms with Crippen LogP contribution in [0.25, 0.3) is 0 Å². The molecule has 20 heavy (non-hydrogen) atoms. The van der Waals surface area contributed by atoms with E-state index in [1.165, 1.54) is 12.1 Å². The topological polar surface area (TPSA) is 64.4 Å². The van der Waals surface area contributed by atoms with Gasteiger partial charge in [-0.05, 0) is 29.8 Å². The lowest BCUT2D eigenvalue weighted by atomic mass is 10.2. The van der Waals surface area contributed by atoms with Crippen LogP contribution in [0.1, 0.15) is 5.56 Å². The Hall–Kier alpha value is -2.63. The van der Waals surface area contributed by atoms with Gasteiger partial charge in [0.15, 0.2) is 0 Å². The van der Waals surface area contributed by atoms with Gasteiger partial charge in [0.05, 0.1) is 12.0 Å². The van der Waals surface area contributed by atoms with E-state index in [0.29, 0.717) is 12.3 Å². The van der Waals surface area contributed by atoms with Gasteiger partial charge in [0.25, 0.3) is 0 Å². The first kappa shape index (κ1) is 13.8. The minimum absolute atomic E-state index is 0.151. The maximum absolute atomic E-state index is 13.4. The predicted molar refractivity (Wildman–Crippen MR) is 73.4 cm³/mol. The van der Waals surface area contributed by atoms with Gasteiger partial charge in [0.1, 0.15) is 11.4 Å². The molecule has 0 spiro atoms. The maximum atomic E-state index is 13.4. The molecule has 0 fully saturated rings. The number of anilines is 1. The SMILES string of the molecule is COc1cccc(CNc2cccc(F)c2[N+](=O)[O-])c1. The molecular weight excluding hydrogens is 263 g/mol. The summed E-state index contributed by atoms with van der Waals surface area (Å²) in [6, 6.07) is 11.2. The summed E-state index contributed by atoms with van der Waals surface area (Å²) in [7, 11) is 1.56. The molecule has 0 aliphatic rings. The number of nitro groups is 1. The van der Waals surface area contributed by atoms with Gasteiger partial charge in [-0.15, -0.1) is 0 Å². The van der Waals surface area contributed by atoms with E-state index in [1.807, 2.05) is 12.1 Å². The van der Waals surface area contributed by atoms with E-state index >= 15 is 0 Å². The summed E-state index contributed by atoms with van der Waals surface area (Å²) in [5.41, 5.74) is 0.483. The van der Waals surface area contributed by atoms with Crippen LogP contribution in [0.15, 0.2) is 42.5 Å². The number of hydrogen-bond acceptors (Lipinski definition) is 4. The van der Waals surface area contributed by atoms with E-state index in [0.717, 1.165) is 11.6 Å². The fourth-order valence-electron chi connectivity index (χ4n) is 1.82. The van der Waals surface area contributed by atoms with Crippen LogP contribution >= 0.6 is 0 Å². The zero-order chi connectivity index (χ0) is 14.5. The van der Waals surface area contributed by atoms with Crippen LogP contribution in [0.5, 0.6) is 5.75 Å². The standard InChI is InChI=1S/C14H13FN2O3/c1-20-11-5-2-4-10(8-11)9-16-13-7-3-6-12(15)14(13)17(18)19/h2-8,16H,9H2,1H3. The van der Waals surface area contributed by atoms with Gasteiger partial charge in [0, 0.05) is 6.54 Å². The number of para-hydroxylation sites is 1. The molecule has 2 aromatic rings. The minimum atomic E-state index is -0.856. The lowest BCUT2D eigenvalue weighted by Gasteiger charge is -2.08. The van der Waals surface area contributed by atoms with Gasteiger partial charge in [-0.3, -0.25) is 10.1 Å². The van der Waals surface area contributed by atoms with E-state index in [-0.39, 0.29) is 5.69 Å². The average molecular weight is 276 g/mol. The largest absolute Gasteiger partial charge is 0.497 e. The highest BCUT2D eigenvalue weighted by atomic mass is 19.1.